The molecule has 1 nitrogen and oxygen atoms in total. The average molecular weight is 558 g/mol. The summed E-state index contributed by atoms with van der Waals surface area (Å²) in [6.45, 7) is 0. The van der Waals surface area contributed by atoms with Crippen LogP contribution in [0.2, 0.25) is 0 Å². The second kappa shape index (κ2) is 9.44. The number of rotatable bonds is 3. The van der Waals surface area contributed by atoms with E-state index >= 15 is 0 Å². The Labute approximate surface area is 264 Å². The van der Waals surface area contributed by atoms with Gasteiger partial charge in [-0.3, -0.25) is 0 Å². The lowest BCUT2D eigenvalue weighted by molar-refractivity contribution is 0.669. The molecule has 0 radical (unpaired) electrons. The van der Waals surface area contributed by atoms with Gasteiger partial charge in [0, 0.05) is 10.8 Å². The standard InChI is InChI=1S/C42H26O/c1-2-10-27(11-3-1)28-18-19-30-25-31(21-20-29(30)24-28)41-34-13-4-6-15-36(34)42(37-16-7-5-14-35(37)41)32-22-23-40-38(26-32)33-12-8-9-17-39(33)43-40/h1-26H/i4D,5D,6D,7D,13D,14D,15D,16D,22D,23D,26D. The molecule has 0 spiro atoms. The molecule has 0 aliphatic carbocycles. The van der Waals surface area contributed by atoms with E-state index in [-0.39, 0.29) is 61.3 Å². The Balaban J connectivity index is 1.50. The van der Waals surface area contributed by atoms with Crippen LogP contribution in [0.15, 0.2) is 162 Å². The fourth-order valence-electron chi connectivity index (χ4n) is 6.03. The van der Waals surface area contributed by atoms with Gasteiger partial charge in [0.15, 0.2) is 0 Å². The zero-order chi connectivity index (χ0) is 37.9. The van der Waals surface area contributed by atoms with Crippen LogP contribution in [0.5, 0.6) is 0 Å². The van der Waals surface area contributed by atoms with Gasteiger partial charge in [0.1, 0.15) is 11.2 Å². The summed E-state index contributed by atoms with van der Waals surface area (Å²) in [6.07, 6.45) is 0. The number of para-hydroxylation sites is 1. The molecule has 9 rings (SSSR count). The zero-order valence-corrected chi connectivity index (χ0v) is 22.6. The molecule has 0 saturated carbocycles. The first-order chi connectivity index (χ1) is 25.9. The molecule has 0 amide bonds. The first kappa shape index (κ1) is 15.5. The minimum atomic E-state index is -0.592. The Bertz CT molecular complexity index is 3030. The maximum atomic E-state index is 9.54. The third-order valence-electron chi connectivity index (χ3n) is 8.01. The van der Waals surface area contributed by atoms with E-state index in [0.717, 1.165) is 21.9 Å². The zero-order valence-electron chi connectivity index (χ0n) is 33.6. The summed E-state index contributed by atoms with van der Waals surface area (Å²) in [5.74, 6) is 0. The summed E-state index contributed by atoms with van der Waals surface area (Å²) in [4.78, 5) is 0. The van der Waals surface area contributed by atoms with Gasteiger partial charge in [-0.15, -0.1) is 0 Å². The SMILES string of the molecule is [2H]c1c(-c2c3c([2H])c([2H])c([2H])c([2H])c3c(-c3ccc4cc(-c5ccccc5)ccc4c3)c3c([2H])c([2H])c([2H])c([2H])c23)c([2H])c2c(oc3ccccc32)c1[2H]. The Kier molecular flexibility index (Phi) is 3.41. The van der Waals surface area contributed by atoms with Crippen molar-refractivity contribution in [3.05, 3.63) is 157 Å². The molecule has 1 heteroatoms. The Hall–Kier alpha value is -5.66. The third-order valence-corrected chi connectivity index (χ3v) is 8.01. The second-order valence-electron chi connectivity index (χ2n) is 10.4. The highest BCUT2D eigenvalue weighted by Gasteiger charge is 2.18. The number of benzene rings is 8. The maximum Gasteiger partial charge on any atom is 0.135 e. The van der Waals surface area contributed by atoms with Gasteiger partial charge in [0.25, 0.3) is 0 Å². The summed E-state index contributed by atoms with van der Waals surface area (Å²) in [5.41, 5.74) is 2.66. The predicted molar refractivity (Wildman–Crippen MR) is 183 cm³/mol. The highest BCUT2D eigenvalue weighted by atomic mass is 16.3. The van der Waals surface area contributed by atoms with Crippen molar-refractivity contribution in [3.63, 3.8) is 0 Å². The smallest absolute Gasteiger partial charge is 0.135 e. The fraction of sp³-hybridized carbons (Fsp3) is 0. The summed E-state index contributed by atoms with van der Waals surface area (Å²) in [6, 6.07) is 22.8. The summed E-state index contributed by atoms with van der Waals surface area (Å²) < 4.78 is 106. The van der Waals surface area contributed by atoms with Gasteiger partial charge in [-0.1, -0.05) is 127 Å². The van der Waals surface area contributed by atoms with Crippen molar-refractivity contribution in [3.8, 4) is 33.4 Å². The van der Waals surface area contributed by atoms with Crippen LogP contribution in [0.25, 0.3) is 87.6 Å². The molecular formula is C42H26O. The molecule has 0 unspecified atom stereocenters. The van der Waals surface area contributed by atoms with Crippen LogP contribution in [-0.2, 0) is 0 Å². The molecular weight excluding hydrogens is 520 g/mol. The lowest BCUT2D eigenvalue weighted by Gasteiger charge is -2.18. The molecule has 0 fully saturated rings. The molecule has 43 heavy (non-hydrogen) atoms. The highest BCUT2D eigenvalue weighted by Crippen LogP contribution is 2.45. The van der Waals surface area contributed by atoms with Gasteiger partial charge < -0.3 is 4.42 Å². The van der Waals surface area contributed by atoms with Gasteiger partial charge in [0.2, 0.25) is 0 Å². The first-order valence-electron chi connectivity index (χ1n) is 19.4. The van der Waals surface area contributed by atoms with E-state index in [9.17, 15) is 8.22 Å². The van der Waals surface area contributed by atoms with Crippen LogP contribution in [0, 0.1) is 0 Å². The fourth-order valence-corrected chi connectivity index (χ4v) is 6.03. The van der Waals surface area contributed by atoms with Crippen LogP contribution >= 0.6 is 0 Å². The largest absolute Gasteiger partial charge is 0.456 e. The van der Waals surface area contributed by atoms with Crippen LogP contribution in [0.3, 0.4) is 0 Å². The normalized spacial score (nSPS) is 15.3. The Morgan fingerprint density at radius 1 is 0.395 bits per heavy atom. The van der Waals surface area contributed by atoms with Gasteiger partial charge in [-0.2, -0.15) is 0 Å². The van der Waals surface area contributed by atoms with Crippen molar-refractivity contribution in [1.29, 1.82) is 0 Å². The van der Waals surface area contributed by atoms with E-state index in [2.05, 4.69) is 0 Å². The average Bonchev–Trinajstić information content (AvgIpc) is 3.59. The van der Waals surface area contributed by atoms with E-state index in [0.29, 0.717) is 16.5 Å². The first-order valence-corrected chi connectivity index (χ1v) is 13.9. The predicted octanol–water partition coefficient (Wildman–Crippen LogP) is 12.0. The topological polar surface area (TPSA) is 13.1 Å². The van der Waals surface area contributed by atoms with Crippen molar-refractivity contribution >= 4 is 54.3 Å². The molecule has 1 heterocycles. The van der Waals surface area contributed by atoms with Crippen molar-refractivity contribution in [1.82, 2.24) is 0 Å². The van der Waals surface area contributed by atoms with Gasteiger partial charge in [-0.25, -0.2) is 0 Å². The van der Waals surface area contributed by atoms with Crippen molar-refractivity contribution in [2.45, 2.75) is 0 Å². The molecule has 0 atom stereocenters. The molecule has 9 aromatic rings. The van der Waals surface area contributed by atoms with Crippen LogP contribution in [0.1, 0.15) is 15.1 Å². The number of hydrogen-bond acceptors (Lipinski definition) is 1. The van der Waals surface area contributed by atoms with E-state index < -0.39 is 54.4 Å². The van der Waals surface area contributed by atoms with Crippen LogP contribution in [0.4, 0.5) is 0 Å². The molecule has 1 aromatic heterocycles. The Morgan fingerprint density at radius 2 is 0.977 bits per heavy atom. The molecule has 0 aliphatic heterocycles. The van der Waals surface area contributed by atoms with Gasteiger partial charge >= 0.3 is 0 Å². The van der Waals surface area contributed by atoms with Crippen molar-refractivity contribution in [2.24, 2.45) is 0 Å². The third kappa shape index (κ3) is 3.79. The van der Waals surface area contributed by atoms with Crippen molar-refractivity contribution < 1.29 is 19.5 Å². The van der Waals surface area contributed by atoms with E-state index in [1.165, 1.54) is 0 Å². The lowest BCUT2D eigenvalue weighted by Crippen LogP contribution is -1.91. The highest BCUT2D eigenvalue weighted by molar-refractivity contribution is 6.22. The number of hydrogen-bond donors (Lipinski definition) is 0. The molecule has 8 aromatic carbocycles. The molecule has 0 aliphatic rings. The molecule has 0 saturated heterocycles. The quantitative estimate of drug-likeness (QED) is 0.197. The van der Waals surface area contributed by atoms with Crippen molar-refractivity contribution in [2.75, 3.05) is 0 Å². The van der Waals surface area contributed by atoms with Gasteiger partial charge in [0.05, 0.1) is 15.1 Å². The summed E-state index contributed by atoms with van der Waals surface area (Å²) >= 11 is 0. The molecule has 0 N–H and O–H groups in total. The monoisotopic (exact) mass is 557 g/mol. The lowest BCUT2D eigenvalue weighted by atomic mass is 9.85. The number of fused-ring (bicyclic) bond motifs is 6. The summed E-state index contributed by atoms with van der Waals surface area (Å²) in [7, 11) is 0. The van der Waals surface area contributed by atoms with Crippen LogP contribution in [-0.4, -0.2) is 0 Å². The van der Waals surface area contributed by atoms with E-state index in [1.807, 2.05) is 60.7 Å². The maximum absolute atomic E-state index is 9.54. The Morgan fingerprint density at radius 3 is 1.67 bits per heavy atom. The van der Waals surface area contributed by atoms with Crippen LogP contribution < -0.4 is 0 Å². The minimum absolute atomic E-state index is 0.00410. The number of furan rings is 1. The summed E-state index contributed by atoms with van der Waals surface area (Å²) in [5, 5.41) is 2.06. The molecule has 200 valence electrons. The molecule has 0 bridgehead atoms. The van der Waals surface area contributed by atoms with E-state index in [4.69, 9.17) is 11.3 Å². The van der Waals surface area contributed by atoms with Gasteiger partial charge in [-0.05, 0) is 96.0 Å². The second-order valence-corrected chi connectivity index (χ2v) is 10.4. The van der Waals surface area contributed by atoms with E-state index in [1.54, 1.807) is 30.3 Å². The minimum Gasteiger partial charge on any atom is -0.456 e.